The van der Waals surface area contributed by atoms with E-state index in [0.717, 1.165) is 25.9 Å². The van der Waals surface area contributed by atoms with Crippen molar-refractivity contribution < 1.29 is 14.7 Å². The van der Waals surface area contributed by atoms with Gasteiger partial charge < -0.3 is 14.9 Å². The molecule has 1 N–H and O–H groups in total. The zero-order valence-electron chi connectivity index (χ0n) is 11.6. The van der Waals surface area contributed by atoms with Gasteiger partial charge in [0.25, 0.3) is 0 Å². The number of piperidine rings is 1. The lowest BCUT2D eigenvalue weighted by molar-refractivity contribution is -0.142. The van der Waals surface area contributed by atoms with E-state index < -0.39 is 12.0 Å². The van der Waals surface area contributed by atoms with E-state index in [-0.39, 0.29) is 6.03 Å². The van der Waals surface area contributed by atoms with Gasteiger partial charge in [-0.25, -0.2) is 9.59 Å². The van der Waals surface area contributed by atoms with Crippen molar-refractivity contribution in [2.45, 2.75) is 45.6 Å². The van der Waals surface area contributed by atoms with E-state index in [9.17, 15) is 9.59 Å². The van der Waals surface area contributed by atoms with Gasteiger partial charge in [-0.2, -0.15) is 0 Å². The van der Waals surface area contributed by atoms with E-state index >= 15 is 0 Å². The molecule has 1 fully saturated rings. The summed E-state index contributed by atoms with van der Waals surface area (Å²) in [5, 5.41) is 9.08. The first kappa shape index (κ1) is 14.8. The summed E-state index contributed by atoms with van der Waals surface area (Å²) in [5.74, 6) is -0.376. The minimum absolute atomic E-state index is 0.151. The highest BCUT2D eigenvalue weighted by atomic mass is 16.4. The number of likely N-dealkylation sites (tertiary alicyclic amines) is 1. The molecule has 1 heterocycles. The maximum absolute atomic E-state index is 12.3. The molecule has 0 aromatic rings. The van der Waals surface area contributed by atoms with Crippen LogP contribution >= 0.6 is 0 Å². The Hall–Kier alpha value is -1.26. The zero-order valence-corrected chi connectivity index (χ0v) is 11.6. The van der Waals surface area contributed by atoms with Crippen LogP contribution in [0.1, 0.15) is 39.5 Å². The second kappa shape index (κ2) is 6.61. The van der Waals surface area contributed by atoms with Crippen LogP contribution in [0.15, 0.2) is 0 Å². The van der Waals surface area contributed by atoms with Gasteiger partial charge in [0, 0.05) is 20.1 Å². The standard InChI is InChI=1S/C13H24N2O3/c1-4-10-7-6-8-15(9-10)13(18)14(3)11(5-2)12(16)17/h10-11H,4-9H2,1-3H3,(H,16,17). The van der Waals surface area contributed by atoms with Gasteiger partial charge in [-0.05, 0) is 25.2 Å². The van der Waals surface area contributed by atoms with Crippen LogP contribution in [0.25, 0.3) is 0 Å². The second-order valence-corrected chi connectivity index (χ2v) is 5.02. The van der Waals surface area contributed by atoms with E-state index in [0.29, 0.717) is 12.3 Å². The summed E-state index contributed by atoms with van der Waals surface area (Å²) in [5.41, 5.74) is 0. The summed E-state index contributed by atoms with van der Waals surface area (Å²) < 4.78 is 0. The number of hydrogen-bond acceptors (Lipinski definition) is 2. The van der Waals surface area contributed by atoms with E-state index in [1.54, 1.807) is 18.9 Å². The number of nitrogens with zero attached hydrogens (tertiary/aromatic N) is 2. The van der Waals surface area contributed by atoms with Crippen LogP contribution in [-0.4, -0.2) is 53.1 Å². The summed E-state index contributed by atoms with van der Waals surface area (Å²) in [6.07, 6.45) is 3.69. The predicted octanol–water partition coefficient (Wildman–Crippen LogP) is 2.02. The number of amides is 2. The van der Waals surface area contributed by atoms with E-state index in [1.807, 2.05) is 0 Å². The Bertz CT molecular complexity index is 307. The molecular weight excluding hydrogens is 232 g/mol. The Kier molecular flexibility index (Phi) is 5.44. The predicted molar refractivity (Wildman–Crippen MR) is 69.5 cm³/mol. The third-order valence-electron chi connectivity index (χ3n) is 3.81. The maximum Gasteiger partial charge on any atom is 0.326 e. The fourth-order valence-corrected chi connectivity index (χ4v) is 2.54. The number of rotatable bonds is 4. The molecule has 104 valence electrons. The fraction of sp³-hybridized carbons (Fsp3) is 0.846. The van der Waals surface area contributed by atoms with Gasteiger partial charge in [0.15, 0.2) is 0 Å². The van der Waals surface area contributed by atoms with E-state index in [2.05, 4.69) is 6.92 Å². The van der Waals surface area contributed by atoms with E-state index in [4.69, 9.17) is 5.11 Å². The van der Waals surface area contributed by atoms with Gasteiger partial charge in [0.2, 0.25) is 0 Å². The highest BCUT2D eigenvalue weighted by molar-refractivity contribution is 5.82. The average molecular weight is 256 g/mol. The number of carboxylic acid groups (broad SMARTS) is 1. The molecule has 0 radical (unpaired) electrons. The van der Waals surface area contributed by atoms with Crippen LogP contribution in [0.2, 0.25) is 0 Å². The molecule has 0 bridgehead atoms. The Balaban J connectivity index is 2.65. The summed E-state index contributed by atoms with van der Waals surface area (Å²) in [7, 11) is 1.58. The molecule has 2 atom stereocenters. The Labute approximate surface area is 109 Å². The van der Waals surface area contributed by atoms with Crippen molar-refractivity contribution in [3.05, 3.63) is 0 Å². The van der Waals surface area contributed by atoms with Gasteiger partial charge in [-0.1, -0.05) is 20.3 Å². The monoisotopic (exact) mass is 256 g/mol. The smallest absolute Gasteiger partial charge is 0.326 e. The minimum atomic E-state index is -0.933. The van der Waals surface area contributed by atoms with Gasteiger partial charge in [0.05, 0.1) is 0 Å². The Morgan fingerprint density at radius 2 is 2.11 bits per heavy atom. The van der Waals surface area contributed by atoms with Crippen LogP contribution in [0.5, 0.6) is 0 Å². The fourth-order valence-electron chi connectivity index (χ4n) is 2.54. The molecule has 5 nitrogen and oxygen atoms in total. The molecule has 0 aliphatic carbocycles. The molecule has 0 aromatic carbocycles. The largest absolute Gasteiger partial charge is 0.480 e. The first-order valence-electron chi connectivity index (χ1n) is 6.75. The van der Waals surface area contributed by atoms with Gasteiger partial charge >= 0.3 is 12.0 Å². The number of aliphatic carboxylic acids is 1. The summed E-state index contributed by atoms with van der Waals surface area (Å²) >= 11 is 0. The molecule has 2 unspecified atom stereocenters. The van der Waals surface area contributed by atoms with Crippen molar-refractivity contribution in [3.8, 4) is 0 Å². The Morgan fingerprint density at radius 1 is 1.44 bits per heavy atom. The summed E-state index contributed by atoms with van der Waals surface area (Å²) in [4.78, 5) is 26.5. The number of carboxylic acids is 1. The van der Waals surface area contributed by atoms with Crippen molar-refractivity contribution in [3.63, 3.8) is 0 Å². The third-order valence-corrected chi connectivity index (χ3v) is 3.81. The van der Waals surface area contributed by atoms with Crippen molar-refractivity contribution in [1.29, 1.82) is 0 Å². The first-order valence-corrected chi connectivity index (χ1v) is 6.75. The maximum atomic E-state index is 12.3. The Morgan fingerprint density at radius 3 is 2.61 bits per heavy atom. The van der Waals surface area contributed by atoms with Gasteiger partial charge in [-0.3, -0.25) is 0 Å². The summed E-state index contributed by atoms with van der Waals surface area (Å²) in [6.45, 7) is 5.42. The molecule has 0 aromatic heterocycles. The SMILES string of the molecule is CCC1CCCN(C(=O)N(C)C(CC)C(=O)O)C1. The van der Waals surface area contributed by atoms with Crippen LogP contribution in [-0.2, 0) is 4.79 Å². The van der Waals surface area contributed by atoms with Crippen molar-refractivity contribution in [2.24, 2.45) is 5.92 Å². The molecule has 1 rings (SSSR count). The summed E-state index contributed by atoms with van der Waals surface area (Å²) in [6, 6.07) is -0.873. The zero-order chi connectivity index (χ0) is 13.7. The lowest BCUT2D eigenvalue weighted by atomic mass is 9.96. The van der Waals surface area contributed by atoms with Crippen molar-refractivity contribution in [1.82, 2.24) is 9.80 Å². The normalized spacial score (nSPS) is 21.5. The van der Waals surface area contributed by atoms with Gasteiger partial charge in [0.1, 0.15) is 6.04 Å². The minimum Gasteiger partial charge on any atom is -0.480 e. The molecular formula is C13H24N2O3. The van der Waals surface area contributed by atoms with Crippen molar-refractivity contribution >= 4 is 12.0 Å². The molecule has 18 heavy (non-hydrogen) atoms. The third kappa shape index (κ3) is 3.37. The quantitative estimate of drug-likeness (QED) is 0.837. The number of carbonyl (C=O) groups is 2. The number of urea groups is 1. The highest BCUT2D eigenvalue weighted by Gasteiger charge is 2.30. The second-order valence-electron chi connectivity index (χ2n) is 5.02. The van der Waals surface area contributed by atoms with Crippen LogP contribution in [0.3, 0.4) is 0 Å². The molecule has 0 saturated carbocycles. The van der Waals surface area contributed by atoms with Crippen LogP contribution < -0.4 is 0 Å². The van der Waals surface area contributed by atoms with Crippen LogP contribution in [0.4, 0.5) is 4.79 Å². The van der Waals surface area contributed by atoms with Gasteiger partial charge in [-0.15, -0.1) is 0 Å². The van der Waals surface area contributed by atoms with Crippen molar-refractivity contribution in [2.75, 3.05) is 20.1 Å². The average Bonchev–Trinajstić information content (AvgIpc) is 2.38. The number of likely N-dealkylation sites (N-methyl/N-ethyl adjacent to an activating group) is 1. The number of carbonyl (C=O) groups excluding carboxylic acids is 1. The molecule has 1 aliphatic heterocycles. The topological polar surface area (TPSA) is 60.9 Å². The molecule has 2 amide bonds. The molecule has 0 spiro atoms. The lowest BCUT2D eigenvalue weighted by Gasteiger charge is -2.36. The number of hydrogen-bond donors (Lipinski definition) is 1. The molecule has 1 saturated heterocycles. The first-order chi connectivity index (χ1) is 8.51. The molecule has 5 heteroatoms. The van der Waals surface area contributed by atoms with E-state index in [1.165, 1.54) is 11.3 Å². The molecule has 1 aliphatic rings. The lowest BCUT2D eigenvalue weighted by Crippen LogP contribution is -2.51. The van der Waals surface area contributed by atoms with Crippen LogP contribution in [0, 0.1) is 5.92 Å². The highest BCUT2D eigenvalue weighted by Crippen LogP contribution is 2.20.